The van der Waals surface area contributed by atoms with E-state index in [0.717, 1.165) is 18.4 Å². The van der Waals surface area contributed by atoms with E-state index < -0.39 is 0 Å². The number of methoxy groups -OCH3 is 1. The first-order valence-corrected chi connectivity index (χ1v) is 2.83. The van der Waals surface area contributed by atoms with Crippen LogP contribution in [0.4, 0.5) is 0 Å². The number of hydrogen-bond acceptors (Lipinski definition) is 1. The molecule has 0 radical (unpaired) electrons. The molecule has 1 nitrogen and oxygen atoms in total. The molecule has 0 amide bonds. The van der Waals surface area contributed by atoms with Crippen LogP contribution in [0.5, 0.6) is 0 Å². The van der Waals surface area contributed by atoms with Crippen molar-refractivity contribution in [3.05, 3.63) is 0 Å². The largest absolute Gasteiger partial charge is 0.384 e. The molecular weight excluding hydrogens is 88.1 g/mol. The topological polar surface area (TPSA) is 9.23 Å². The smallest absolute Gasteiger partial charge is 0.0493 e. The van der Waals surface area contributed by atoms with Crippen molar-refractivity contribution in [3.8, 4) is 0 Å². The minimum absolute atomic E-state index is 0.894. The van der Waals surface area contributed by atoms with Crippen molar-refractivity contribution < 1.29 is 4.74 Å². The zero-order valence-electron chi connectivity index (χ0n) is 4.98. The lowest BCUT2D eigenvalue weighted by Gasteiger charge is -1.89. The van der Waals surface area contributed by atoms with Crippen molar-refractivity contribution >= 4 is 0 Å². The van der Waals surface area contributed by atoms with Gasteiger partial charge in [0.1, 0.15) is 0 Å². The van der Waals surface area contributed by atoms with Gasteiger partial charge in [0, 0.05) is 13.7 Å². The summed E-state index contributed by atoms with van der Waals surface area (Å²) in [5, 5.41) is 0. The second-order valence-corrected chi connectivity index (χ2v) is 2.43. The number of hydrogen-bond donors (Lipinski definition) is 0. The van der Waals surface area contributed by atoms with Gasteiger partial charge in [-0.05, 0) is 18.3 Å². The summed E-state index contributed by atoms with van der Waals surface area (Å²) in [7, 11) is 1.77. The Bertz CT molecular complexity index is 61.2. The third-order valence-corrected chi connectivity index (χ3v) is 1.66. The molecule has 7 heavy (non-hydrogen) atoms. The highest BCUT2D eigenvalue weighted by atomic mass is 16.5. The molecule has 2 unspecified atom stereocenters. The van der Waals surface area contributed by atoms with E-state index in [1.165, 1.54) is 6.42 Å². The molecule has 0 N–H and O–H groups in total. The van der Waals surface area contributed by atoms with Crippen LogP contribution in [0.15, 0.2) is 0 Å². The Morgan fingerprint density at radius 1 is 1.71 bits per heavy atom. The molecule has 1 saturated carbocycles. The zero-order chi connectivity index (χ0) is 5.28. The standard InChI is InChI=1S/C6H12O/c1-5-3-6(5)4-7-2/h5-6H,3-4H2,1-2H3. The number of rotatable bonds is 2. The molecule has 2 atom stereocenters. The van der Waals surface area contributed by atoms with Gasteiger partial charge in [-0.1, -0.05) is 6.92 Å². The average Bonchev–Trinajstić information content (AvgIpc) is 2.22. The maximum Gasteiger partial charge on any atom is 0.0493 e. The lowest BCUT2D eigenvalue weighted by atomic mass is 10.4. The molecule has 0 aromatic rings. The van der Waals surface area contributed by atoms with Crippen molar-refractivity contribution in [2.24, 2.45) is 11.8 Å². The highest BCUT2D eigenvalue weighted by Crippen LogP contribution is 2.37. The van der Waals surface area contributed by atoms with Gasteiger partial charge < -0.3 is 4.74 Å². The predicted octanol–water partition coefficient (Wildman–Crippen LogP) is 1.29. The fourth-order valence-electron chi connectivity index (χ4n) is 0.845. The normalized spacial score (nSPS) is 38.6. The summed E-state index contributed by atoms with van der Waals surface area (Å²) in [6, 6.07) is 0. The number of ether oxygens (including phenoxy) is 1. The van der Waals surface area contributed by atoms with Gasteiger partial charge >= 0.3 is 0 Å². The summed E-state index contributed by atoms with van der Waals surface area (Å²) in [5.74, 6) is 1.84. The van der Waals surface area contributed by atoms with Gasteiger partial charge in [-0.25, -0.2) is 0 Å². The van der Waals surface area contributed by atoms with Gasteiger partial charge in [-0.2, -0.15) is 0 Å². The molecule has 1 fully saturated rings. The van der Waals surface area contributed by atoms with Crippen LogP contribution in [-0.2, 0) is 4.74 Å². The van der Waals surface area contributed by atoms with Gasteiger partial charge in [-0.3, -0.25) is 0 Å². The lowest BCUT2D eigenvalue weighted by molar-refractivity contribution is 0.182. The molecule has 0 bridgehead atoms. The average molecular weight is 100 g/mol. The van der Waals surface area contributed by atoms with Crippen LogP contribution in [0.2, 0.25) is 0 Å². The third-order valence-electron chi connectivity index (χ3n) is 1.66. The first-order valence-electron chi connectivity index (χ1n) is 2.83. The Balaban J connectivity index is 1.98. The highest BCUT2D eigenvalue weighted by molar-refractivity contribution is 4.81. The van der Waals surface area contributed by atoms with Crippen LogP contribution >= 0.6 is 0 Å². The van der Waals surface area contributed by atoms with Crippen LogP contribution in [-0.4, -0.2) is 13.7 Å². The van der Waals surface area contributed by atoms with Gasteiger partial charge in [-0.15, -0.1) is 0 Å². The molecule has 1 aliphatic rings. The Kier molecular flexibility index (Phi) is 1.33. The third kappa shape index (κ3) is 1.16. The van der Waals surface area contributed by atoms with Crippen LogP contribution in [0.3, 0.4) is 0 Å². The van der Waals surface area contributed by atoms with E-state index in [-0.39, 0.29) is 0 Å². The highest BCUT2D eigenvalue weighted by Gasteiger charge is 2.31. The van der Waals surface area contributed by atoms with Crippen LogP contribution in [0.25, 0.3) is 0 Å². The molecule has 1 heteroatoms. The Hall–Kier alpha value is -0.0400. The molecule has 0 aliphatic heterocycles. The van der Waals surface area contributed by atoms with Gasteiger partial charge in [0.25, 0.3) is 0 Å². The molecule has 0 aromatic heterocycles. The summed E-state index contributed by atoms with van der Waals surface area (Å²) >= 11 is 0. The maximum atomic E-state index is 4.94. The Morgan fingerprint density at radius 3 is 2.43 bits per heavy atom. The van der Waals surface area contributed by atoms with Crippen LogP contribution in [0.1, 0.15) is 13.3 Å². The van der Waals surface area contributed by atoms with E-state index >= 15 is 0 Å². The lowest BCUT2D eigenvalue weighted by Crippen LogP contribution is -1.90. The molecule has 0 aromatic carbocycles. The van der Waals surface area contributed by atoms with E-state index in [0.29, 0.717) is 0 Å². The van der Waals surface area contributed by atoms with Crippen molar-refractivity contribution in [1.29, 1.82) is 0 Å². The van der Waals surface area contributed by atoms with E-state index in [1.54, 1.807) is 7.11 Å². The summed E-state index contributed by atoms with van der Waals surface area (Å²) in [5.41, 5.74) is 0. The van der Waals surface area contributed by atoms with E-state index in [4.69, 9.17) is 4.74 Å². The van der Waals surface area contributed by atoms with Crippen molar-refractivity contribution in [2.45, 2.75) is 13.3 Å². The van der Waals surface area contributed by atoms with E-state index in [9.17, 15) is 0 Å². The van der Waals surface area contributed by atoms with Gasteiger partial charge in [0.15, 0.2) is 0 Å². The first-order chi connectivity index (χ1) is 3.34. The van der Waals surface area contributed by atoms with Crippen molar-refractivity contribution in [3.63, 3.8) is 0 Å². The van der Waals surface area contributed by atoms with E-state index in [2.05, 4.69) is 6.92 Å². The Labute approximate surface area is 44.7 Å². The summed E-state index contributed by atoms with van der Waals surface area (Å²) in [6.45, 7) is 3.24. The van der Waals surface area contributed by atoms with Gasteiger partial charge in [0.2, 0.25) is 0 Å². The summed E-state index contributed by atoms with van der Waals surface area (Å²) in [6.07, 6.45) is 1.38. The minimum atomic E-state index is 0.894. The molecule has 42 valence electrons. The monoisotopic (exact) mass is 100 g/mol. The fourth-order valence-corrected chi connectivity index (χ4v) is 0.845. The summed E-state index contributed by atoms with van der Waals surface area (Å²) < 4.78 is 4.94. The molecule has 0 spiro atoms. The Morgan fingerprint density at radius 2 is 2.29 bits per heavy atom. The summed E-state index contributed by atoms with van der Waals surface area (Å²) in [4.78, 5) is 0. The molecule has 0 saturated heterocycles. The van der Waals surface area contributed by atoms with Crippen LogP contribution in [0, 0.1) is 11.8 Å². The molecular formula is C6H12O. The SMILES string of the molecule is COCC1CC1C. The van der Waals surface area contributed by atoms with E-state index in [1.807, 2.05) is 0 Å². The predicted molar refractivity (Wildman–Crippen MR) is 29.1 cm³/mol. The van der Waals surface area contributed by atoms with Gasteiger partial charge in [0.05, 0.1) is 0 Å². The molecule has 0 heterocycles. The minimum Gasteiger partial charge on any atom is -0.384 e. The fraction of sp³-hybridized carbons (Fsp3) is 1.00. The van der Waals surface area contributed by atoms with Crippen LogP contribution < -0.4 is 0 Å². The quantitative estimate of drug-likeness (QED) is 0.508. The second kappa shape index (κ2) is 1.83. The second-order valence-electron chi connectivity index (χ2n) is 2.43. The van der Waals surface area contributed by atoms with Crippen molar-refractivity contribution in [2.75, 3.05) is 13.7 Å². The maximum absolute atomic E-state index is 4.94. The zero-order valence-corrected chi connectivity index (χ0v) is 4.98. The van der Waals surface area contributed by atoms with Crippen molar-refractivity contribution in [1.82, 2.24) is 0 Å². The first kappa shape index (κ1) is 5.10. The molecule has 1 aliphatic carbocycles. The molecule has 1 rings (SSSR count).